The van der Waals surface area contributed by atoms with Gasteiger partial charge in [-0.2, -0.15) is 0 Å². The molecule has 4 N–H and O–H groups in total. The second-order valence-corrected chi connectivity index (χ2v) is 5.20. The molecule has 0 aromatic heterocycles. The minimum Gasteiger partial charge on any atom is -0.464 e. The first-order valence-corrected chi connectivity index (χ1v) is 7.53. The first-order chi connectivity index (χ1) is 9.93. The van der Waals surface area contributed by atoms with Crippen molar-refractivity contribution in [2.24, 2.45) is 5.92 Å². The lowest BCUT2D eigenvalue weighted by molar-refractivity contribution is -0.147. The Morgan fingerprint density at radius 2 is 1.62 bits per heavy atom. The van der Waals surface area contributed by atoms with Gasteiger partial charge in [0.2, 0.25) is 0 Å². The first-order valence-electron chi connectivity index (χ1n) is 7.53. The van der Waals surface area contributed by atoms with Crippen molar-refractivity contribution in [1.29, 1.82) is 0 Å². The van der Waals surface area contributed by atoms with Gasteiger partial charge in [0.15, 0.2) is 0 Å². The molecule has 0 heterocycles. The first kappa shape index (κ1) is 19.7. The number of unbranched alkanes of at least 4 members (excludes halogenated alkanes) is 2. The molecular weight excluding hydrogens is 274 g/mol. The van der Waals surface area contributed by atoms with Crippen LogP contribution in [0.2, 0.25) is 0 Å². The van der Waals surface area contributed by atoms with Crippen molar-refractivity contribution >= 4 is 12.0 Å². The number of ether oxygens (including phenoxy) is 1. The number of urea groups is 1. The predicted molar refractivity (Wildman–Crippen MR) is 80.7 cm³/mol. The van der Waals surface area contributed by atoms with E-state index < -0.39 is 6.23 Å². The predicted octanol–water partition coefficient (Wildman–Crippen LogP) is 0.583. The zero-order valence-corrected chi connectivity index (χ0v) is 13.3. The summed E-state index contributed by atoms with van der Waals surface area (Å²) in [6.07, 6.45) is 2.35. The number of carbonyl (C=O) groups excluding carboxylic acids is 2. The van der Waals surface area contributed by atoms with Crippen molar-refractivity contribution in [3.63, 3.8) is 0 Å². The fraction of sp³-hybridized carbons (Fsp3) is 0.857. The Morgan fingerprint density at radius 3 is 2.24 bits per heavy atom. The molecule has 1 unspecified atom stereocenters. The molecule has 0 saturated carbocycles. The maximum atomic E-state index is 11.4. The average molecular weight is 303 g/mol. The maximum absolute atomic E-state index is 11.4. The number of esters is 1. The van der Waals surface area contributed by atoms with Crippen LogP contribution >= 0.6 is 0 Å². The minimum absolute atomic E-state index is 0.151. The molecule has 2 amide bonds. The third kappa shape index (κ3) is 13.4. The van der Waals surface area contributed by atoms with Crippen LogP contribution in [0, 0.1) is 5.92 Å². The molecule has 0 radical (unpaired) electrons. The Hall–Kier alpha value is -1.34. The Bertz CT molecular complexity index is 296. The smallest absolute Gasteiger partial charge is 0.314 e. The van der Waals surface area contributed by atoms with Gasteiger partial charge in [0, 0.05) is 6.54 Å². The largest absolute Gasteiger partial charge is 0.464 e. The number of hydrogen-bond donors (Lipinski definition) is 4. The SMILES string of the molecule is CC(O)NCCCCCNC(=O)NCCOC(=O)C(C)C. The lowest BCUT2D eigenvalue weighted by Crippen LogP contribution is -2.38. The molecule has 21 heavy (non-hydrogen) atoms. The summed E-state index contributed by atoms with van der Waals surface area (Å²) < 4.78 is 4.93. The third-order valence-corrected chi connectivity index (χ3v) is 2.68. The molecule has 124 valence electrons. The summed E-state index contributed by atoms with van der Waals surface area (Å²) in [5.74, 6) is -0.412. The van der Waals surface area contributed by atoms with Crippen LogP contribution in [0.25, 0.3) is 0 Å². The molecule has 0 saturated heterocycles. The highest BCUT2D eigenvalue weighted by Crippen LogP contribution is 1.94. The summed E-state index contributed by atoms with van der Waals surface area (Å²) in [5, 5.41) is 17.3. The maximum Gasteiger partial charge on any atom is 0.314 e. The molecule has 0 bridgehead atoms. The third-order valence-electron chi connectivity index (χ3n) is 2.68. The summed E-state index contributed by atoms with van der Waals surface area (Å²) in [6.45, 7) is 7.08. The highest BCUT2D eigenvalue weighted by atomic mass is 16.5. The Balaban J connectivity index is 3.33. The van der Waals surface area contributed by atoms with Gasteiger partial charge in [0.05, 0.1) is 12.5 Å². The molecule has 0 aromatic rings. The highest BCUT2D eigenvalue weighted by molar-refractivity contribution is 5.74. The van der Waals surface area contributed by atoms with Gasteiger partial charge in [-0.25, -0.2) is 4.79 Å². The molecule has 0 spiro atoms. The van der Waals surface area contributed by atoms with Crippen LogP contribution < -0.4 is 16.0 Å². The van der Waals surface area contributed by atoms with Gasteiger partial charge < -0.3 is 20.5 Å². The summed E-state index contributed by atoms with van der Waals surface area (Å²) >= 11 is 0. The molecule has 1 atom stereocenters. The highest BCUT2D eigenvalue weighted by Gasteiger charge is 2.07. The van der Waals surface area contributed by atoms with Crippen LogP contribution in [0.15, 0.2) is 0 Å². The topological polar surface area (TPSA) is 99.7 Å². The van der Waals surface area contributed by atoms with E-state index in [1.54, 1.807) is 20.8 Å². The van der Waals surface area contributed by atoms with Crippen molar-refractivity contribution in [2.45, 2.75) is 46.3 Å². The van der Waals surface area contributed by atoms with Crippen molar-refractivity contribution < 1.29 is 19.4 Å². The van der Waals surface area contributed by atoms with Crippen molar-refractivity contribution in [2.75, 3.05) is 26.2 Å². The second kappa shape index (κ2) is 12.4. The molecule has 0 aromatic carbocycles. The number of aliphatic hydroxyl groups excluding tert-OH is 1. The number of aliphatic hydroxyl groups is 1. The van der Waals surface area contributed by atoms with Crippen LogP contribution in [0.3, 0.4) is 0 Å². The minimum atomic E-state index is -0.473. The van der Waals surface area contributed by atoms with E-state index in [2.05, 4.69) is 16.0 Å². The second-order valence-electron chi connectivity index (χ2n) is 5.20. The summed E-state index contributed by atoms with van der Waals surface area (Å²) in [5.41, 5.74) is 0. The van der Waals surface area contributed by atoms with Gasteiger partial charge in [-0.3, -0.25) is 10.1 Å². The normalized spacial score (nSPS) is 12.0. The van der Waals surface area contributed by atoms with E-state index in [4.69, 9.17) is 9.84 Å². The fourth-order valence-corrected chi connectivity index (χ4v) is 1.48. The summed E-state index contributed by atoms with van der Waals surface area (Å²) in [6, 6.07) is -0.252. The number of carbonyl (C=O) groups is 2. The molecule has 7 nitrogen and oxygen atoms in total. The zero-order chi connectivity index (χ0) is 16.1. The standard InChI is InChI=1S/C14H29N3O4/c1-11(2)13(19)21-10-9-17-14(20)16-8-6-4-5-7-15-12(3)18/h11-12,15,18H,4-10H2,1-3H3,(H2,16,17,20). The molecule has 0 aliphatic carbocycles. The Morgan fingerprint density at radius 1 is 1.00 bits per heavy atom. The van der Waals surface area contributed by atoms with Gasteiger partial charge in [0.1, 0.15) is 12.8 Å². The lowest BCUT2D eigenvalue weighted by atomic mass is 10.2. The van der Waals surface area contributed by atoms with Gasteiger partial charge >= 0.3 is 12.0 Å². The van der Waals surface area contributed by atoms with Crippen molar-refractivity contribution in [3.8, 4) is 0 Å². The monoisotopic (exact) mass is 303 g/mol. The van der Waals surface area contributed by atoms with E-state index >= 15 is 0 Å². The van der Waals surface area contributed by atoms with Gasteiger partial charge in [-0.05, 0) is 26.3 Å². The van der Waals surface area contributed by atoms with E-state index in [9.17, 15) is 9.59 Å². The van der Waals surface area contributed by atoms with E-state index in [1.807, 2.05) is 0 Å². The van der Waals surface area contributed by atoms with E-state index in [0.717, 1.165) is 25.8 Å². The summed E-state index contributed by atoms with van der Waals surface area (Å²) in [7, 11) is 0. The number of amides is 2. The molecule has 7 heteroatoms. The Labute approximate surface area is 126 Å². The van der Waals surface area contributed by atoms with E-state index in [1.165, 1.54) is 0 Å². The molecule has 0 fully saturated rings. The average Bonchev–Trinajstić information content (AvgIpc) is 2.41. The fourth-order valence-electron chi connectivity index (χ4n) is 1.48. The van der Waals surface area contributed by atoms with Gasteiger partial charge in [0.25, 0.3) is 0 Å². The number of hydrogen-bond acceptors (Lipinski definition) is 5. The van der Waals surface area contributed by atoms with Crippen LogP contribution in [0.4, 0.5) is 4.79 Å². The van der Waals surface area contributed by atoms with Crippen molar-refractivity contribution in [1.82, 2.24) is 16.0 Å². The molecule has 0 rings (SSSR count). The van der Waals surface area contributed by atoms with E-state index in [0.29, 0.717) is 13.1 Å². The number of nitrogens with one attached hydrogen (secondary N) is 3. The lowest BCUT2D eigenvalue weighted by Gasteiger charge is -2.10. The van der Waals surface area contributed by atoms with Crippen LogP contribution in [-0.4, -0.2) is 49.6 Å². The van der Waals surface area contributed by atoms with E-state index in [-0.39, 0.29) is 24.5 Å². The van der Waals surface area contributed by atoms with Crippen LogP contribution in [-0.2, 0) is 9.53 Å². The van der Waals surface area contributed by atoms with Crippen molar-refractivity contribution in [3.05, 3.63) is 0 Å². The van der Waals surface area contributed by atoms with Gasteiger partial charge in [-0.1, -0.05) is 20.3 Å². The van der Waals surface area contributed by atoms with Gasteiger partial charge in [-0.15, -0.1) is 0 Å². The number of rotatable bonds is 11. The molecule has 0 aliphatic heterocycles. The Kier molecular flexibility index (Phi) is 11.6. The van der Waals surface area contributed by atoms with Crippen LogP contribution in [0.5, 0.6) is 0 Å². The zero-order valence-electron chi connectivity index (χ0n) is 13.3. The molecule has 0 aliphatic rings. The molecular formula is C14H29N3O4. The quantitative estimate of drug-likeness (QED) is 0.254. The summed E-state index contributed by atoms with van der Waals surface area (Å²) in [4.78, 5) is 22.5. The van der Waals surface area contributed by atoms with Crippen LogP contribution in [0.1, 0.15) is 40.0 Å².